The number of aromatic amines is 2. The zero-order valence-corrected chi connectivity index (χ0v) is 27.6. The molecule has 5 heterocycles. The second kappa shape index (κ2) is 10.7. The van der Waals surface area contributed by atoms with Gasteiger partial charge in [0.05, 0.1) is 33.8 Å². The van der Waals surface area contributed by atoms with E-state index in [2.05, 4.69) is 70.6 Å². The molecule has 0 fully saturated rings. The zero-order valence-electron chi connectivity index (χ0n) is 27.6. The molecule has 0 amide bonds. The number of aromatic nitrogens is 4. The van der Waals surface area contributed by atoms with Crippen LogP contribution in [0.25, 0.3) is 110 Å². The van der Waals surface area contributed by atoms with Crippen LogP contribution in [0.1, 0.15) is 0 Å². The molecule has 0 spiro atoms. The highest BCUT2D eigenvalue weighted by Crippen LogP contribution is 2.45. The molecule has 52 heavy (non-hydrogen) atoms. The van der Waals surface area contributed by atoms with Gasteiger partial charge < -0.3 is 20.2 Å². The van der Waals surface area contributed by atoms with Crippen LogP contribution in [0.5, 0.6) is 11.5 Å². The lowest BCUT2D eigenvalue weighted by atomic mass is 10.0. The van der Waals surface area contributed by atoms with Crippen LogP contribution in [0.4, 0.5) is 0 Å². The summed E-state index contributed by atoms with van der Waals surface area (Å²) in [6.45, 7) is 0. The van der Waals surface area contributed by atoms with Crippen LogP contribution in [-0.2, 0) is 0 Å². The van der Waals surface area contributed by atoms with Crippen molar-refractivity contribution in [3.8, 4) is 56.5 Å². The zero-order chi connectivity index (χ0) is 34.5. The lowest BCUT2D eigenvalue weighted by Gasteiger charge is -2.04. The maximum atomic E-state index is 12.1. The first-order valence-electron chi connectivity index (χ1n) is 17.3. The van der Waals surface area contributed by atoms with Gasteiger partial charge in [0.25, 0.3) is 0 Å². The fourth-order valence-corrected chi connectivity index (χ4v) is 8.15. The summed E-state index contributed by atoms with van der Waals surface area (Å²) in [5, 5.41) is 30.9. The fourth-order valence-electron chi connectivity index (χ4n) is 8.15. The fraction of sp³-hybridized carbons (Fsp3) is 0. The molecule has 0 aliphatic carbocycles. The molecule has 244 valence electrons. The van der Waals surface area contributed by atoms with E-state index < -0.39 is 0 Å². The van der Waals surface area contributed by atoms with Crippen molar-refractivity contribution >= 4 is 65.2 Å². The van der Waals surface area contributed by atoms with E-state index >= 15 is 0 Å². The number of rotatable bonds is 0. The van der Waals surface area contributed by atoms with E-state index in [1.807, 2.05) is 84.9 Å². The maximum absolute atomic E-state index is 12.1. The maximum Gasteiger partial charge on any atom is 0.134 e. The van der Waals surface area contributed by atoms with Crippen molar-refractivity contribution in [2.24, 2.45) is 0 Å². The topological polar surface area (TPSA) is 97.8 Å². The molecule has 0 saturated carbocycles. The number of phenolic OH excluding ortho intramolecular Hbond substituents is 2. The van der Waals surface area contributed by atoms with Gasteiger partial charge in [-0.05, 0) is 36.4 Å². The molecule has 11 rings (SSSR count). The first-order chi connectivity index (χ1) is 25.6. The molecular weight excluding hydrogens is 641 g/mol. The molecule has 6 aromatic carbocycles. The largest absolute Gasteiger partial charge is 0.507 e. The van der Waals surface area contributed by atoms with Crippen LogP contribution in [0, 0.1) is 0 Å². The summed E-state index contributed by atoms with van der Waals surface area (Å²) >= 11 is 0. The van der Waals surface area contributed by atoms with E-state index in [9.17, 15) is 10.2 Å². The number of nitrogens with zero attached hydrogens (tertiary/aromatic N) is 2. The Morgan fingerprint density at radius 3 is 1.13 bits per heavy atom. The van der Waals surface area contributed by atoms with Gasteiger partial charge in [-0.3, -0.25) is 0 Å². The van der Waals surface area contributed by atoms with E-state index in [0.717, 1.165) is 77.3 Å². The first kappa shape index (κ1) is 28.6. The summed E-state index contributed by atoms with van der Waals surface area (Å²) in [4.78, 5) is 17.7. The van der Waals surface area contributed by atoms with Crippen LogP contribution in [0.3, 0.4) is 0 Å². The second-order valence-corrected chi connectivity index (χ2v) is 13.4. The Kier molecular flexibility index (Phi) is 5.87. The average Bonchev–Trinajstić information content (AvgIpc) is 3.94. The molecule has 0 unspecified atom stereocenters. The van der Waals surface area contributed by atoms with Crippen molar-refractivity contribution in [1.29, 1.82) is 0 Å². The van der Waals surface area contributed by atoms with Crippen LogP contribution >= 0.6 is 0 Å². The third-order valence-electron chi connectivity index (χ3n) is 10.6. The SMILES string of the molecule is Oc1c2cccc1c1[nH]c(cc3nc(c4cccc(c4O)c4[nH]c(cc5nc2-c2ccccc2-5)c2ccccc24)-c2ccccc2-3)c2ccccc21. The molecule has 2 aliphatic heterocycles. The first-order valence-corrected chi connectivity index (χ1v) is 17.3. The van der Waals surface area contributed by atoms with E-state index in [1.54, 1.807) is 0 Å². The minimum absolute atomic E-state index is 0.158. The molecule has 2 aliphatic rings. The van der Waals surface area contributed by atoms with Gasteiger partial charge in [-0.25, -0.2) is 9.97 Å². The van der Waals surface area contributed by atoms with Gasteiger partial charge in [0, 0.05) is 76.4 Å². The summed E-state index contributed by atoms with van der Waals surface area (Å²) in [7, 11) is 0. The molecule has 6 heteroatoms. The summed E-state index contributed by atoms with van der Waals surface area (Å²) < 4.78 is 0. The van der Waals surface area contributed by atoms with Gasteiger partial charge in [-0.2, -0.15) is 0 Å². The Hall–Kier alpha value is -7.18. The highest BCUT2D eigenvalue weighted by Gasteiger charge is 2.22. The van der Waals surface area contributed by atoms with Crippen molar-refractivity contribution in [3.63, 3.8) is 0 Å². The van der Waals surface area contributed by atoms with Crippen LogP contribution in [0.15, 0.2) is 146 Å². The highest BCUT2D eigenvalue weighted by molar-refractivity contribution is 6.17. The normalized spacial score (nSPS) is 12.0. The van der Waals surface area contributed by atoms with E-state index in [4.69, 9.17) is 9.97 Å². The summed E-state index contributed by atoms with van der Waals surface area (Å²) in [6, 6.07) is 48.5. The molecule has 6 nitrogen and oxygen atoms in total. The van der Waals surface area contributed by atoms with Crippen LogP contribution in [-0.4, -0.2) is 30.1 Å². The highest BCUT2D eigenvalue weighted by atomic mass is 16.3. The quantitative estimate of drug-likeness (QED) is 0.129. The molecule has 0 radical (unpaired) electrons. The number of phenols is 2. The number of fused-ring (bicyclic) bond motifs is 28. The van der Waals surface area contributed by atoms with Crippen molar-refractivity contribution < 1.29 is 10.2 Å². The van der Waals surface area contributed by atoms with Gasteiger partial charge in [0.1, 0.15) is 11.5 Å². The predicted octanol–water partition coefficient (Wildman–Crippen LogP) is 11.6. The number of nitrogens with one attached hydrogen (secondary N) is 2. The average molecular weight is 669 g/mol. The molecular formula is C46H28N4O2. The van der Waals surface area contributed by atoms with Crippen molar-refractivity contribution in [3.05, 3.63) is 146 Å². The summed E-state index contributed by atoms with van der Waals surface area (Å²) in [6.07, 6.45) is 0. The van der Waals surface area contributed by atoms with Gasteiger partial charge in [-0.1, -0.05) is 109 Å². The standard InChI is InChI=1S/C46H28N4O2/c51-45-33-19-9-20-34(45)43-31-17-7-3-13-27(31)39(49-43)24-40-28-14-4-8-18-32(28)44(50-40)36-22-10-21-35(46(36)52)42-30-16-6-2-12-26(30)38(48-42)23-37-25-11-1-5-15-29(25)41(33)47-37/h1-24,47,50-52H. The Morgan fingerprint density at radius 2 is 0.692 bits per heavy atom. The molecule has 9 aromatic rings. The molecule has 3 aromatic heterocycles. The molecule has 0 saturated heterocycles. The smallest absolute Gasteiger partial charge is 0.134 e. The number of hydrogen-bond donors (Lipinski definition) is 4. The van der Waals surface area contributed by atoms with Crippen LogP contribution < -0.4 is 0 Å². The van der Waals surface area contributed by atoms with E-state index in [0.29, 0.717) is 32.9 Å². The van der Waals surface area contributed by atoms with Crippen molar-refractivity contribution in [2.75, 3.05) is 0 Å². The minimum Gasteiger partial charge on any atom is -0.507 e. The third-order valence-corrected chi connectivity index (χ3v) is 10.6. The Labute approximate surface area is 296 Å². The predicted molar refractivity (Wildman–Crippen MR) is 212 cm³/mol. The van der Waals surface area contributed by atoms with E-state index in [1.165, 1.54) is 0 Å². The van der Waals surface area contributed by atoms with Crippen LogP contribution in [0.2, 0.25) is 0 Å². The van der Waals surface area contributed by atoms with Gasteiger partial charge in [-0.15, -0.1) is 0 Å². The number of aromatic hydroxyl groups is 2. The van der Waals surface area contributed by atoms with Gasteiger partial charge in [0.15, 0.2) is 0 Å². The second-order valence-electron chi connectivity index (χ2n) is 13.4. The molecule has 0 atom stereocenters. The monoisotopic (exact) mass is 668 g/mol. The minimum atomic E-state index is 0.158. The Bertz CT molecular complexity index is 3010. The molecule has 4 N–H and O–H groups in total. The third kappa shape index (κ3) is 4.00. The molecule has 12 bridgehead atoms. The Balaban J connectivity index is 1.39. The lowest BCUT2D eigenvalue weighted by molar-refractivity contribution is 0.487. The Morgan fingerprint density at radius 1 is 0.346 bits per heavy atom. The van der Waals surface area contributed by atoms with Crippen molar-refractivity contribution in [1.82, 2.24) is 19.9 Å². The summed E-state index contributed by atoms with van der Waals surface area (Å²) in [5.74, 6) is 0.317. The number of benzene rings is 6. The number of hydrogen-bond acceptors (Lipinski definition) is 4. The number of para-hydroxylation sites is 2. The van der Waals surface area contributed by atoms with E-state index in [-0.39, 0.29) is 11.5 Å². The van der Waals surface area contributed by atoms with Gasteiger partial charge in [0.2, 0.25) is 0 Å². The number of H-pyrrole nitrogens is 2. The summed E-state index contributed by atoms with van der Waals surface area (Å²) in [5.41, 5.74) is 10.2. The van der Waals surface area contributed by atoms with Gasteiger partial charge >= 0.3 is 0 Å². The lowest BCUT2D eigenvalue weighted by Crippen LogP contribution is -1.80. The van der Waals surface area contributed by atoms with Crippen molar-refractivity contribution in [2.45, 2.75) is 0 Å².